The first-order valence-electron chi connectivity index (χ1n) is 8.55. The molecule has 3 aromatic rings. The molecule has 0 bridgehead atoms. The third-order valence-corrected chi connectivity index (χ3v) is 5.25. The van der Waals surface area contributed by atoms with Gasteiger partial charge in [-0.3, -0.25) is 0 Å². The molecule has 1 unspecified atom stereocenters. The number of piperidine rings is 1. The molecule has 1 aromatic heterocycles. The maximum atomic E-state index is 13.0. The molecule has 4 nitrogen and oxygen atoms in total. The van der Waals surface area contributed by atoms with Gasteiger partial charge in [0.1, 0.15) is 11.6 Å². The summed E-state index contributed by atoms with van der Waals surface area (Å²) in [6.07, 6.45) is 2.09. The molecule has 1 saturated heterocycles. The SMILES string of the molecule is Fc1ccc(NC(=S)N2CCCC(c3nc4ccc(Cl)cc4[nH]3)C2)cc1. The first-order valence-corrected chi connectivity index (χ1v) is 9.34. The molecular weight excluding hydrogens is 371 g/mol. The van der Waals surface area contributed by atoms with Gasteiger partial charge in [0.15, 0.2) is 5.11 Å². The van der Waals surface area contributed by atoms with Crippen molar-refractivity contribution in [3.05, 3.63) is 59.1 Å². The van der Waals surface area contributed by atoms with E-state index >= 15 is 0 Å². The van der Waals surface area contributed by atoms with Crippen molar-refractivity contribution < 1.29 is 4.39 Å². The van der Waals surface area contributed by atoms with E-state index in [2.05, 4.69) is 15.2 Å². The number of hydrogen-bond acceptors (Lipinski definition) is 2. The fourth-order valence-electron chi connectivity index (χ4n) is 3.32. The number of nitrogens with zero attached hydrogens (tertiary/aromatic N) is 2. The second kappa shape index (κ2) is 7.21. The summed E-state index contributed by atoms with van der Waals surface area (Å²) >= 11 is 11.6. The van der Waals surface area contributed by atoms with Crippen LogP contribution in [0.15, 0.2) is 42.5 Å². The fraction of sp³-hybridized carbons (Fsp3) is 0.263. The van der Waals surface area contributed by atoms with Crippen molar-refractivity contribution in [3.63, 3.8) is 0 Å². The van der Waals surface area contributed by atoms with Gasteiger partial charge in [-0.15, -0.1) is 0 Å². The monoisotopic (exact) mass is 388 g/mol. The highest BCUT2D eigenvalue weighted by Gasteiger charge is 2.25. The lowest BCUT2D eigenvalue weighted by molar-refractivity contribution is 0.307. The fourth-order valence-corrected chi connectivity index (χ4v) is 3.77. The van der Waals surface area contributed by atoms with E-state index in [1.54, 1.807) is 12.1 Å². The second-order valence-electron chi connectivity index (χ2n) is 6.51. The number of H-pyrrole nitrogens is 1. The average Bonchev–Trinajstić information content (AvgIpc) is 3.07. The van der Waals surface area contributed by atoms with E-state index in [-0.39, 0.29) is 11.7 Å². The van der Waals surface area contributed by atoms with Gasteiger partial charge in [0, 0.05) is 29.7 Å². The summed E-state index contributed by atoms with van der Waals surface area (Å²) in [5.41, 5.74) is 2.67. The normalized spacial score (nSPS) is 17.5. The zero-order valence-corrected chi connectivity index (χ0v) is 15.6. The summed E-state index contributed by atoms with van der Waals surface area (Å²) in [7, 11) is 0. The zero-order chi connectivity index (χ0) is 18.1. The molecule has 1 aliphatic rings. The standard InChI is InChI=1S/C19H18ClFN4S/c20-13-3-8-16-17(10-13)24-18(23-16)12-2-1-9-25(11-12)19(26)22-15-6-4-14(21)5-7-15/h3-8,10,12H,1-2,9,11H2,(H,22,26)(H,23,24). The Hall–Kier alpha value is -2.18. The first-order chi connectivity index (χ1) is 12.6. The van der Waals surface area contributed by atoms with Crippen molar-refractivity contribution in [3.8, 4) is 0 Å². The Bertz CT molecular complexity index is 940. The molecule has 0 aliphatic carbocycles. The highest BCUT2D eigenvalue weighted by atomic mass is 35.5. The lowest BCUT2D eigenvalue weighted by Gasteiger charge is -2.33. The molecule has 2 N–H and O–H groups in total. The topological polar surface area (TPSA) is 44.0 Å². The van der Waals surface area contributed by atoms with Crippen molar-refractivity contribution >= 4 is 45.7 Å². The molecule has 1 fully saturated rings. The minimum absolute atomic E-state index is 0.260. The summed E-state index contributed by atoms with van der Waals surface area (Å²) in [4.78, 5) is 10.3. The van der Waals surface area contributed by atoms with Crippen molar-refractivity contribution in [1.29, 1.82) is 0 Å². The van der Waals surface area contributed by atoms with Crippen LogP contribution in [0.3, 0.4) is 0 Å². The van der Waals surface area contributed by atoms with Crippen LogP contribution in [0.5, 0.6) is 0 Å². The molecule has 2 aromatic carbocycles. The highest BCUT2D eigenvalue weighted by Crippen LogP contribution is 2.28. The predicted molar refractivity (Wildman–Crippen MR) is 107 cm³/mol. The number of anilines is 1. The van der Waals surface area contributed by atoms with E-state index in [4.69, 9.17) is 28.8 Å². The predicted octanol–water partition coefficient (Wildman–Crippen LogP) is 4.93. The first kappa shape index (κ1) is 17.2. The Morgan fingerprint density at radius 2 is 2.08 bits per heavy atom. The van der Waals surface area contributed by atoms with Crippen LogP contribution >= 0.6 is 23.8 Å². The molecule has 0 amide bonds. The molecular formula is C19H18ClFN4S. The van der Waals surface area contributed by atoms with E-state index in [0.29, 0.717) is 10.1 Å². The van der Waals surface area contributed by atoms with Crippen molar-refractivity contribution in [2.75, 3.05) is 18.4 Å². The number of fused-ring (bicyclic) bond motifs is 1. The molecule has 26 heavy (non-hydrogen) atoms. The number of likely N-dealkylation sites (tertiary alicyclic amines) is 1. The summed E-state index contributed by atoms with van der Waals surface area (Å²) in [6.45, 7) is 1.69. The van der Waals surface area contributed by atoms with E-state index in [1.807, 2.05) is 18.2 Å². The summed E-state index contributed by atoms with van der Waals surface area (Å²) in [5.74, 6) is 0.990. The van der Waals surface area contributed by atoms with Gasteiger partial charge in [0.25, 0.3) is 0 Å². The van der Waals surface area contributed by atoms with Crippen LogP contribution in [0.1, 0.15) is 24.6 Å². The average molecular weight is 389 g/mol. The third kappa shape index (κ3) is 3.66. The van der Waals surface area contributed by atoms with Crippen LogP contribution in [0.4, 0.5) is 10.1 Å². The summed E-state index contributed by atoms with van der Waals surface area (Å²) in [5, 5.41) is 4.54. The van der Waals surface area contributed by atoms with Gasteiger partial charge in [-0.25, -0.2) is 9.37 Å². The van der Waals surface area contributed by atoms with Crippen LogP contribution in [0.25, 0.3) is 11.0 Å². The quantitative estimate of drug-likeness (QED) is 0.611. The molecule has 4 rings (SSSR count). The zero-order valence-electron chi connectivity index (χ0n) is 14.0. The number of nitrogens with one attached hydrogen (secondary N) is 2. The molecule has 1 aliphatic heterocycles. The number of aromatic nitrogens is 2. The number of hydrogen-bond donors (Lipinski definition) is 2. The number of halogens is 2. The van der Waals surface area contributed by atoms with Crippen LogP contribution in [0.2, 0.25) is 5.02 Å². The third-order valence-electron chi connectivity index (χ3n) is 4.65. The van der Waals surface area contributed by atoms with Crippen molar-refractivity contribution in [2.45, 2.75) is 18.8 Å². The van der Waals surface area contributed by atoms with Gasteiger partial charge in [-0.1, -0.05) is 11.6 Å². The maximum absolute atomic E-state index is 13.0. The number of benzene rings is 2. The largest absolute Gasteiger partial charge is 0.348 e. The Kier molecular flexibility index (Phi) is 4.78. The molecule has 1 atom stereocenters. The smallest absolute Gasteiger partial charge is 0.173 e. The Morgan fingerprint density at radius 1 is 1.27 bits per heavy atom. The molecule has 0 radical (unpaired) electrons. The summed E-state index contributed by atoms with van der Waals surface area (Å²) in [6, 6.07) is 11.9. The van der Waals surface area contributed by atoms with Crippen molar-refractivity contribution in [1.82, 2.24) is 14.9 Å². The highest BCUT2D eigenvalue weighted by molar-refractivity contribution is 7.80. The van der Waals surface area contributed by atoms with E-state index < -0.39 is 0 Å². The van der Waals surface area contributed by atoms with Gasteiger partial charge < -0.3 is 15.2 Å². The molecule has 7 heteroatoms. The van der Waals surface area contributed by atoms with Gasteiger partial charge >= 0.3 is 0 Å². The minimum atomic E-state index is -0.260. The second-order valence-corrected chi connectivity index (χ2v) is 7.33. The van der Waals surface area contributed by atoms with Crippen LogP contribution in [-0.4, -0.2) is 33.1 Å². The molecule has 0 saturated carbocycles. The number of imidazole rings is 1. The lowest BCUT2D eigenvalue weighted by Crippen LogP contribution is -2.41. The van der Waals surface area contributed by atoms with Gasteiger partial charge in [-0.05, 0) is 67.5 Å². The molecule has 2 heterocycles. The lowest BCUT2D eigenvalue weighted by atomic mass is 9.98. The number of aromatic amines is 1. The van der Waals surface area contributed by atoms with Gasteiger partial charge in [-0.2, -0.15) is 0 Å². The minimum Gasteiger partial charge on any atom is -0.348 e. The molecule has 0 spiro atoms. The van der Waals surface area contributed by atoms with Gasteiger partial charge in [0.2, 0.25) is 0 Å². The van der Waals surface area contributed by atoms with E-state index in [9.17, 15) is 4.39 Å². The van der Waals surface area contributed by atoms with Crippen LogP contribution in [-0.2, 0) is 0 Å². The maximum Gasteiger partial charge on any atom is 0.173 e. The molecule has 134 valence electrons. The Balaban J connectivity index is 1.47. The van der Waals surface area contributed by atoms with E-state index in [0.717, 1.165) is 48.5 Å². The Morgan fingerprint density at radius 3 is 2.88 bits per heavy atom. The van der Waals surface area contributed by atoms with Gasteiger partial charge in [0.05, 0.1) is 11.0 Å². The number of thiocarbonyl (C=S) groups is 1. The van der Waals surface area contributed by atoms with Crippen LogP contribution in [0, 0.1) is 5.82 Å². The van der Waals surface area contributed by atoms with Crippen LogP contribution < -0.4 is 5.32 Å². The van der Waals surface area contributed by atoms with E-state index in [1.165, 1.54) is 12.1 Å². The number of rotatable bonds is 2. The Labute approximate surface area is 161 Å². The summed E-state index contributed by atoms with van der Waals surface area (Å²) < 4.78 is 13.0. The van der Waals surface area contributed by atoms with Crippen molar-refractivity contribution in [2.24, 2.45) is 0 Å².